The Kier molecular flexibility index (Phi) is 3.50. The predicted molar refractivity (Wildman–Crippen MR) is 80.3 cm³/mol. The van der Waals surface area contributed by atoms with Gasteiger partial charge in [-0.3, -0.25) is 4.79 Å². The maximum Gasteiger partial charge on any atom is 0.243 e. The van der Waals surface area contributed by atoms with E-state index in [2.05, 4.69) is 0 Å². The number of Topliss-reactive ketones (excluding diaryl/α,β-unsaturated/α-hetero) is 1. The maximum absolute atomic E-state index is 12.7. The molecule has 5 heteroatoms. The quantitative estimate of drug-likeness (QED) is 0.841. The summed E-state index contributed by atoms with van der Waals surface area (Å²) in [6, 6.07) is 6.92. The number of carbonyl (C=O) groups is 1. The molecule has 0 unspecified atom stereocenters. The smallest absolute Gasteiger partial charge is 0.243 e. The largest absolute Gasteiger partial charge is 0.295 e. The van der Waals surface area contributed by atoms with Crippen molar-refractivity contribution in [1.82, 2.24) is 4.31 Å². The van der Waals surface area contributed by atoms with Crippen LogP contribution in [0.4, 0.5) is 0 Å². The van der Waals surface area contributed by atoms with Crippen molar-refractivity contribution in [3.63, 3.8) is 0 Å². The van der Waals surface area contributed by atoms with Gasteiger partial charge in [0.25, 0.3) is 0 Å². The van der Waals surface area contributed by atoms with Crippen molar-refractivity contribution in [3.05, 3.63) is 41.5 Å². The standard InChI is InChI=1S/C16H19NO3S/c1-11-3-5-15(6-4-11)21(19,20)17-9-13-7-12(2)16(18)8-14(13)10-17/h3-7,13-14H,8-10H2,1-2H3/t13-,14+/m0/s1. The Hall–Kier alpha value is -1.46. The predicted octanol–water partition coefficient (Wildman–Crippen LogP) is 2.15. The number of rotatable bonds is 2. The van der Waals surface area contributed by atoms with E-state index in [9.17, 15) is 13.2 Å². The van der Waals surface area contributed by atoms with E-state index in [0.29, 0.717) is 24.4 Å². The number of ketones is 1. The molecule has 0 bridgehead atoms. The molecule has 2 atom stereocenters. The molecule has 0 radical (unpaired) electrons. The number of aryl methyl sites for hydroxylation is 1. The minimum atomic E-state index is -3.46. The summed E-state index contributed by atoms with van der Waals surface area (Å²) in [5.74, 6) is 0.440. The Bertz CT molecular complexity index is 704. The molecule has 112 valence electrons. The zero-order valence-corrected chi connectivity index (χ0v) is 13.1. The minimum absolute atomic E-state index is 0.126. The van der Waals surface area contributed by atoms with Crippen LogP contribution in [0.25, 0.3) is 0 Å². The first kappa shape index (κ1) is 14.5. The van der Waals surface area contributed by atoms with Crippen LogP contribution in [0, 0.1) is 18.8 Å². The molecule has 0 spiro atoms. The van der Waals surface area contributed by atoms with Gasteiger partial charge in [0.05, 0.1) is 4.90 Å². The summed E-state index contributed by atoms with van der Waals surface area (Å²) in [5, 5.41) is 0. The molecule has 2 aliphatic rings. The Balaban J connectivity index is 1.86. The van der Waals surface area contributed by atoms with E-state index in [4.69, 9.17) is 0 Å². The monoisotopic (exact) mass is 305 g/mol. The third kappa shape index (κ3) is 2.56. The van der Waals surface area contributed by atoms with Gasteiger partial charge in [0.15, 0.2) is 5.78 Å². The highest BCUT2D eigenvalue weighted by Crippen LogP contribution is 2.35. The average Bonchev–Trinajstić information content (AvgIpc) is 2.83. The van der Waals surface area contributed by atoms with Crippen LogP contribution in [-0.2, 0) is 14.8 Å². The van der Waals surface area contributed by atoms with E-state index in [0.717, 1.165) is 11.1 Å². The highest BCUT2D eigenvalue weighted by atomic mass is 32.2. The SMILES string of the molecule is CC1=C[C@H]2CN(S(=O)(=O)c3ccc(C)cc3)C[C@H]2CC1=O. The molecule has 3 rings (SSSR count). The highest BCUT2D eigenvalue weighted by Gasteiger charge is 2.41. The summed E-state index contributed by atoms with van der Waals surface area (Å²) in [6.45, 7) is 4.66. The van der Waals surface area contributed by atoms with Crippen molar-refractivity contribution in [1.29, 1.82) is 0 Å². The number of benzene rings is 1. The summed E-state index contributed by atoms with van der Waals surface area (Å²) in [4.78, 5) is 12.1. The molecule has 1 fully saturated rings. The Morgan fingerprint density at radius 1 is 1.10 bits per heavy atom. The zero-order valence-electron chi connectivity index (χ0n) is 12.2. The summed E-state index contributed by atoms with van der Waals surface area (Å²) in [6.07, 6.45) is 2.41. The number of hydrogen-bond acceptors (Lipinski definition) is 3. The van der Waals surface area contributed by atoms with Gasteiger partial charge in [-0.05, 0) is 43.4 Å². The second-order valence-electron chi connectivity index (χ2n) is 6.04. The lowest BCUT2D eigenvalue weighted by Gasteiger charge is -2.20. The van der Waals surface area contributed by atoms with Crippen molar-refractivity contribution >= 4 is 15.8 Å². The fourth-order valence-corrected chi connectivity index (χ4v) is 4.66. The minimum Gasteiger partial charge on any atom is -0.295 e. The molecule has 4 nitrogen and oxygen atoms in total. The van der Waals surface area contributed by atoms with E-state index in [1.807, 2.05) is 32.1 Å². The van der Waals surface area contributed by atoms with Gasteiger partial charge >= 0.3 is 0 Å². The summed E-state index contributed by atoms with van der Waals surface area (Å²) in [5.41, 5.74) is 1.80. The Morgan fingerprint density at radius 3 is 2.43 bits per heavy atom. The zero-order chi connectivity index (χ0) is 15.2. The van der Waals surface area contributed by atoms with Crippen LogP contribution in [0.1, 0.15) is 18.9 Å². The molecule has 1 heterocycles. The number of carbonyl (C=O) groups excluding carboxylic acids is 1. The second-order valence-corrected chi connectivity index (χ2v) is 7.97. The molecule has 0 N–H and O–H groups in total. The lowest BCUT2D eigenvalue weighted by molar-refractivity contribution is -0.117. The van der Waals surface area contributed by atoms with Gasteiger partial charge < -0.3 is 0 Å². The number of nitrogens with zero attached hydrogens (tertiary/aromatic N) is 1. The van der Waals surface area contributed by atoms with Crippen LogP contribution >= 0.6 is 0 Å². The Morgan fingerprint density at radius 2 is 1.76 bits per heavy atom. The van der Waals surface area contributed by atoms with Gasteiger partial charge in [0, 0.05) is 19.5 Å². The van der Waals surface area contributed by atoms with Crippen LogP contribution in [0.15, 0.2) is 40.8 Å². The van der Waals surface area contributed by atoms with Crippen molar-refractivity contribution < 1.29 is 13.2 Å². The van der Waals surface area contributed by atoms with Crippen LogP contribution in [-0.4, -0.2) is 31.6 Å². The van der Waals surface area contributed by atoms with Gasteiger partial charge in [0.1, 0.15) is 0 Å². The second kappa shape index (κ2) is 5.07. The Labute approximate surface area is 125 Å². The van der Waals surface area contributed by atoms with E-state index >= 15 is 0 Å². The molecular weight excluding hydrogens is 286 g/mol. The van der Waals surface area contributed by atoms with Crippen LogP contribution in [0.2, 0.25) is 0 Å². The molecular formula is C16H19NO3S. The first-order chi connectivity index (χ1) is 9.88. The van der Waals surface area contributed by atoms with Crippen LogP contribution in [0.3, 0.4) is 0 Å². The molecule has 1 aliphatic heterocycles. The molecule has 0 saturated carbocycles. The third-order valence-electron chi connectivity index (χ3n) is 4.47. The van der Waals surface area contributed by atoms with Crippen molar-refractivity contribution in [2.24, 2.45) is 11.8 Å². The van der Waals surface area contributed by atoms with E-state index in [1.165, 1.54) is 4.31 Å². The number of fused-ring (bicyclic) bond motifs is 1. The summed E-state index contributed by atoms with van der Waals surface area (Å²) in [7, 11) is -3.46. The number of allylic oxidation sites excluding steroid dienone is 1. The lowest BCUT2D eigenvalue weighted by Crippen LogP contribution is -2.29. The van der Waals surface area contributed by atoms with Gasteiger partial charge in [-0.25, -0.2) is 8.42 Å². The number of hydrogen-bond donors (Lipinski definition) is 0. The third-order valence-corrected chi connectivity index (χ3v) is 6.31. The average molecular weight is 305 g/mol. The molecule has 21 heavy (non-hydrogen) atoms. The van der Waals surface area contributed by atoms with Gasteiger partial charge in [-0.2, -0.15) is 4.31 Å². The molecule has 1 saturated heterocycles. The van der Waals surface area contributed by atoms with Crippen molar-refractivity contribution in [3.8, 4) is 0 Å². The first-order valence-electron chi connectivity index (χ1n) is 7.16. The highest BCUT2D eigenvalue weighted by molar-refractivity contribution is 7.89. The van der Waals surface area contributed by atoms with Crippen molar-refractivity contribution in [2.45, 2.75) is 25.2 Å². The van der Waals surface area contributed by atoms with E-state index in [-0.39, 0.29) is 17.6 Å². The van der Waals surface area contributed by atoms with E-state index in [1.54, 1.807) is 12.1 Å². The first-order valence-corrected chi connectivity index (χ1v) is 8.60. The molecule has 0 aromatic heterocycles. The molecule has 1 aliphatic carbocycles. The number of sulfonamides is 1. The fourth-order valence-electron chi connectivity index (χ4n) is 3.13. The molecule has 1 aromatic rings. The molecule has 0 amide bonds. The van der Waals surface area contributed by atoms with Crippen molar-refractivity contribution in [2.75, 3.05) is 13.1 Å². The van der Waals surface area contributed by atoms with Gasteiger partial charge in [0.2, 0.25) is 10.0 Å². The maximum atomic E-state index is 12.7. The van der Waals surface area contributed by atoms with Gasteiger partial charge in [-0.15, -0.1) is 0 Å². The van der Waals surface area contributed by atoms with Crippen LogP contribution in [0.5, 0.6) is 0 Å². The van der Waals surface area contributed by atoms with Gasteiger partial charge in [-0.1, -0.05) is 23.8 Å². The summed E-state index contributed by atoms with van der Waals surface area (Å²) < 4.78 is 26.9. The summed E-state index contributed by atoms with van der Waals surface area (Å²) >= 11 is 0. The molecule has 1 aromatic carbocycles. The van der Waals surface area contributed by atoms with Crippen LogP contribution < -0.4 is 0 Å². The topological polar surface area (TPSA) is 54.5 Å². The lowest BCUT2D eigenvalue weighted by atomic mass is 9.83. The normalized spacial score (nSPS) is 26.6. The van der Waals surface area contributed by atoms with E-state index < -0.39 is 10.0 Å². The fraction of sp³-hybridized carbons (Fsp3) is 0.438.